The number of nitrogens with zero attached hydrogens (tertiary/aromatic N) is 2. The van der Waals surface area contributed by atoms with Gasteiger partial charge in [0, 0.05) is 12.3 Å². The van der Waals surface area contributed by atoms with Crippen LogP contribution >= 0.6 is 0 Å². The molecule has 0 saturated heterocycles. The Morgan fingerprint density at radius 1 is 1.53 bits per heavy atom. The molecule has 0 aliphatic heterocycles. The number of hydrogen-bond donors (Lipinski definition) is 2. The maximum Gasteiger partial charge on any atom is 0.355 e. The second kappa shape index (κ2) is 3.78. The summed E-state index contributed by atoms with van der Waals surface area (Å²) in [6.45, 7) is 0. The molecule has 2 aromatic rings. The third kappa shape index (κ3) is 1.67. The van der Waals surface area contributed by atoms with Crippen LogP contribution < -0.4 is 5.73 Å². The molecule has 0 aliphatic rings. The minimum Gasteiger partial charge on any atom is -0.477 e. The number of hydrogen-bond acceptors (Lipinski definition) is 5. The van der Waals surface area contributed by atoms with Crippen LogP contribution in [0.2, 0.25) is 0 Å². The lowest BCUT2D eigenvalue weighted by Gasteiger charge is -2.05. The van der Waals surface area contributed by atoms with Crippen LogP contribution in [0.5, 0.6) is 0 Å². The molecule has 17 heavy (non-hydrogen) atoms. The third-order valence-corrected chi connectivity index (χ3v) is 2.26. The Morgan fingerprint density at radius 3 is 2.82 bits per heavy atom. The number of carbonyl (C=O) groups is 2. The van der Waals surface area contributed by atoms with Crippen molar-refractivity contribution in [3.05, 3.63) is 29.7 Å². The first kappa shape index (κ1) is 10.9. The van der Waals surface area contributed by atoms with Crippen molar-refractivity contribution in [2.24, 2.45) is 0 Å². The van der Waals surface area contributed by atoms with Crippen LogP contribution in [0.3, 0.4) is 0 Å². The maximum atomic E-state index is 11.5. The molecule has 2 rings (SSSR count). The zero-order valence-corrected chi connectivity index (χ0v) is 8.88. The summed E-state index contributed by atoms with van der Waals surface area (Å²) < 4.78 is 5.95. The highest BCUT2D eigenvalue weighted by Gasteiger charge is 2.17. The summed E-state index contributed by atoms with van der Waals surface area (Å²) in [4.78, 5) is 26.2. The van der Waals surface area contributed by atoms with Gasteiger partial charge in [0.1, 0.15) is 5.69 Å². The molecule has 3 N–H and O–H groups in total. The van der Waals surface area contributed by atoms with Crippen molar-refractivity contribution in [3.8, 4) is 0 Å². The molecule has 0 bridgehead atoms. The average Bonchev–Trinajstić information content (AvgIpc) is 2.69. The van der Waals surface area contributed by atoms with Crippen LogP contribution in [-0.2, 0) is 4.74 Å². The summed E-state index contributed by atoms with van der Waals surface area (Å²) in [6.07, 6.45) is 1.52. The number of nitrogens with two attached hydrogens (primary N) is 1. The number of carboxylic acids is 1. The van der Waals surface area contributed by atoms with Crippen molar-refractivity contribution >= 4 is 23.3 Å². The summed E-state index contributed by atoms with van der Waals surface area (Å²) >= 11 is 0. The van der Waals surface area contributed by atoms with E-state index in [1.807, 2.05) is 0 Å². The number of carboxylic acid groups (broad SMARTS) is 1. The maximum absolute atomic E-state index is 11.5. The predicted molar refractivity (Wildman–Crippen MR) is 57.9 cm³/mol. The Bertz CT molecular complexity index is 617. The van der Waals surface area contributed by atoms with Gasteiger partial charge in [-0.05, 0) is 6.07 Å². The first-order valence-corrected chi connectivity index (χ1v) is 4.63. The monoisotopic (exact) mass is 235 g/mol. The Morgan fingerprint density at radius 2 is 2.24 bits per heavy atom. The lowest BCUT2D eigenvalue weighted by Crippen LogP contribution is -2.12. The Labute approximate surface area is 95.4 Å². The van der Waals surface area contributed by atoms with E-state index in [-0.39, 0.29) is 17.0 Å². The minimum atomic E-state index is -1.24. The van der Waals surface area contributed by atoms with Gasteiger partial charge in [0.25, 0.3) is 0 Å². The molecule has 88 valence electrons. The molecule has 0 aromatic carbocycles. The van der Waals surface area contributed by atoms with E-state index in [2.05, 4.69) is 9.72 Å². The van der Waals surface area contributed by atoms with E-state index in [1.54, 1.807) is 0 Å². The van der Waals surface area contributed by atoms with Gasteiger partial charge in [-0.2, -0.15) is 0 Å². The normalized spacial score (nSPS) is 10.4. The summed E-state index contributed by atoms with van der Waals surface area (Å²) in [7, 11) is 1.21. The van der Waals surface area contributed by atoms with Crippen molar-refractivity contribution in [2.75, 3.05) is 12.8 Å². The largest absolute Gasteiger partial charge is 0.477 e. The molecular weight excluding hydrogens is 226 g/mol. The quantitative estimate of drug-likeness (QED) is 0.729. The molecule has 7 heteroatoms. The molecule has 2 aromatic heterocycles. The molecule has 0 saturated carbocycles. The van der Waals surface area contributed by atoms with Crippen molar-refractivity contribution in [1.82, 2.24) is 9.38 Å². The lowest BCUT2D eigenvalue weighted by atomic mass is 10.3. The van der Waals surface area contributed by atoms with Gasteiger partial charge in [-0.15, -0.1) is 0 Å². The van der Waals surface area contributed by atoms with E-state index < -0.39 is 11.9 Å². The highest BCUT2D eigenvalue weighted by Crippen LogP contribution is 2.16. The van der Waals surface area contributed by atoms with Gasteiger partial charge in [-0.25, -0.2) is 14.6 Å². The number of ether oxygens (including phenoxy) is 1. The molecule has 0 fully saturated rings. The van der Waals surface area contributed by atoms with Crippen molar-refractivity contribution in [1.29, 1.82) is 0 Å². The van der Waals surface area contributed by atoms with Gasteiger partial charge >= 0.3 is 11.9 Å². The van der Waals surface area contributed by atoms with Crippen LogP contribution in [0.1, 0.15) is 21.0 Å². The van der Waals surface area contributed by atoms with Crippen LogP contribution in [0, 0.1) is 0 Å². The van der Waals surface area contributed by atoms with Crippen LogP contribution in [-0.4, -0.2) is 33.5 Å². The van der Waals surface area contributed by atoms with Gasteiger partial charge in [-0.3, -0.25) is 4.40 Å². The minimum absolute atomic E-state index is 0.0617. The predicted octanol–water partition coefficient (Wildman–Crippen LogP) is 0.401. The average molecular weight is 235 g/mol. The van der Waals surface area contributed by atoms with Gasteiger partial charge in [-0.1, -0.05) is 0 Å². The van der Waals surface area contributed by atoms with E-state index in [4.69, 9.17) is 10.8 Å². The zero-order chi connectivity index (χ0) is 12.6. The third-order valence-electron chi connectivity index (χ3n) is 2.26. The molecular formula is C10H9N3O4. The zero-order valence-electron chi connectivity index (χ0n) is 8.88. The molecule has 0 spiro atoms. The summed E-state index contributed by atoms with van der Waals surface area (Å²) in [5.74, 6) is -1.89. The van der Waals surface area contributed by atoms with Gasteiger partial charge in [0.15, 0.2) is 11.3 Å². The van der Waals surface area contributed by atoms with Crippen LogP contribution in [0.25, 0.3) is 5.65 Å². The van der Waals surface area contributed by atoms with E-state index in [1.165, 1.54) is 23.8 Å². The van der Waals surface area contributed by atoms with Gasteiger partial charge in [0.2, 0.25) is 0 Å². The number of fused-ring (bicyclic) bond motifs is 1. The number of methoxy groups -OCH3 is 1. The second-order valence-corrected chi connectivity index (χ2v) is 3.29. The number of nitrogen functional groups attached to an aromatic ring is 1. The van der Waals surface area contributed by atoms with E-state index >= 15 is 0 Å². The Kier molecular flexibility index (Phi) is 2.43. The second-order valence-electron chi connectivity index (χ2n) is 3.29. The fourth-order valence-electron chi connectivity index (χ4n) is 1.47. The van der Waals surface area contributed by atoms with E-state index in [0.29, 0.717) is 5.69 Å². The van der Waals surface area contributed by atoms with Crippen molar-refractivity contribution in [2.45, 2.75) is 0 Å². The van der Waals surface area contributed by atoms with E-state index in [0.717, 1.165) is 6.07 Å². The lowest BCUT2D eigenvalue weighted by molar-refractivity contribution is 0.0592. The number of carbonyl (C=O) groups excluding carboxylic acids is 1. The first-order valence-electron chi connectivity index (χ1n) is 4.63. The molecule has 0 amide bonds. The summed E-state index contributed by atoms with van der Waals surface area (Å²) in [6, 6.07) is 2.67. The summed E-state index contributed by atoms with van der Waals surface area (Å²) in [5.41, 5.74) is 5.93. The van der Waals surface area contributed by atoms with Gasteiger partial charge < -0.3 is 15.6 Å². The Hall–Kier alpha value is -2.57. The highest BCUT2D eigenvalue weighted by atomic mass is 16.5. The molecule has 2 heterocycles. The molecule has 0 aliphatic carbocycles. The first-order chi connectivity index (χ1) is 8.04. The number of aromatic carboxylic acids is 1. The van der Waals surface area contributed by atoms with E-state index in [9.17, 15) is 9.59 Å². The van der Waals surface area contributed by atoms with Crippen molar-refractivity contribution < 1.29 is 19.4 Å². The smallest absolute Gasteiger partial charge is 0.355 e. The summed E-state index contributed by atoms with van der Waals surface area (Å²) in [5, 5.41) is 8.89. The molecule has 7 nitrogen and oxygen atoms in total. The number of anilines is 1. The molecule has 0 atom stereocenters. The van der Waals surface area contributed by atoms with Crippen LogP contribution in [0.15, 0.2) is 18.3 Å². The fraction of sp³-hybridized carbons (Fsp3) is 0.100. The van der Waals surface area contributed by atoms with Crippen molar-refractivity contribution in [3.63, 3.8) is 0 Å². The standard InChI is InChI=1S/C10H9N3O4/c1-17-10(16)7-4-6(9(14)15)12-8-5(11)2-3-13(7)8/h2-4H,11H2,1H3,(H,14,15). The van der Waals surface area contributed by atoms with Crippen LogP contribution in [0.4, 0.5) is 5.69 Å². The number of esters is 1. The number of aromatic nitrogens is 2. The molecule has 0 radical (unpaired) electrons. The fourth-order valence-corrected chi connectivity index (χ4v) is 1.47. The number of rotatable bonds is 2. The molecule has 0 unspecified atom stereocenters. The Balaban J connectivity index is 2.79. The van der Waals surface area contributed by atoms with Gasteiger partial charge in [0.05, 0.1) is 12.8 Å². The highest BCUT2D eigenvalue weighted by molar-refractivity contribution is 5.94. The SMILES string of the molecule is COC(=O)c1cc(C(=O)O)nc2c(N)ccn12. The topological polar surface area (TPSA) is 107 Å².